The lowest BCUT2D eigenvalue weighted by Gasteiger charge is -2.27. The quantitative estimate of drug-likeness (QED) is 0.802. The van der Waals surface area contributed by atoms with Crippen LogP contribution < -0.4 is 0 Å². The van der Waals surface area contributed by atoms with Gasteiger partial charge in [0.2, 0.25) is 5.91 Å². The highest BCUT2D eigenvalue weighted by atomic mass is 16.2. The Balaban J connectivity index is 1.84. The maximum atomic E-state index is 11.7. The maximum Gasteiger partial charge on any atom is 0.222 e. The van der Waals surface area contributed by atoms with Crippen molar-refractivity contribution in [2.24, 2.45) is 0 Å². The van der Waals surface area contributed by atoms with Crippen LogP contribution >= 0.6 is 0 Å². The second-order valence-corrected chi connectivity index (χ2v) is 5.73. The first kappa shape index (κ1) is 15.8. The molecular formula is C18H26N2O. The highest BCUT2D eigenvalue weighted by molar-refractivity contribution is 5.75. The first-order chi connectivity index (χ1) is 10.2. The van der Waals surface area contributed by atoms with E-state index in [1.807, 2.05) is 24.9 Å². The van der Waals surface area contributed by atoms with Crippen molar-refractivity contribution in [3.63, 3.8) is 0 Å². The molecule has 0 N–H and O–H groups in total. The zero-order valence-corrected chi connectivity index (χ0v) is 13.2. The van der Waals surface area contributed by atoms with E-state index in [2.05, 4.69) is 41.3 Å². The van der Waals surface area contributed by atoms with E-state index in [1.165, 1.54) is 18.4 Å². The van der Waals surface area contributed by atoms with Crippen LogP contribution in [0.15, 0.2) is 36.4 Å². The molecule has 1 amide bonds. The number of nitrogens with zero attached hydrogens (tertiary/aromatic N) is 2. The molecular weight excluding hydrogens is 260 g/mol. The molecule has 2 rings (SSSR count). The van der Waals surface area contributed by atoms with Crippen LogP contribution in [-0.4, -0.2) is 48.4 Å². The van der Waals surface area contributed by atoms with Gasteiger partial charge in [0, 0.05) is 32.6 Å². The number of amides is 1. The van der Waals surface area contributed by atoms with E-state index < -0.39 is 0 Å². The summed E-state index contributed by atoms with van der Waals surface area (Å²) >= 11 is 0. The third kappa shape index (κ3) is 4.71. The fourth-order valence-electron chi connectivity index (χ4n) is 2.92. The van der Waals surface area contributed by atoms with Crippen molar-refractivity contribution in [2.45, 2.75) is 32.2 Å². The van der Waals surface area contributed by atoms with Gasteiger partial charge in [0.25, 0.3) is 0 Å². The number of likely N-dealkylation sites (N-methyl/N-ethyl adjacent to an activating group) is 1. The maximum absolute atomic E-state index is 11.7. The van der Waals surface area contributed by atoms with Gasteiger partial charge in [-0.25, -0.2) is 0 Å². The van der Waals surface area contributed by atoms with Gasteiger partial charge in [-0.2, -0.15) is 0 Å². The van der Waals surface area contributed by atoms with Crippen LogP contribution in [0, 0.1) is 0 Å². The van der Waals surface area contributed by atoms with Crippen LogP contribution in [-0.2, 0) is 4.79 Å². The number of carbonyl (C=O) groups is 1. The predicted molar refractivity (Wildman–Crippen MR) is 88.0 cm³/mol. The highest BCUT2D eigenvalue weighted by Gasteiger charge is 2.25. The lowest BCUT2D eigenvalue weighted by atomic mass is 10.2. The molecule has 1 aromatic carbocycles. The Bertz CT molecular complexity index is 469. The molecule has 1 aliphatic heterocycles. The first-order valence-electron chi connectivity index (χ1n) is 7.90. The number of likely N-dealkylation sites (tertiary alicyclic amines) is 1. The molecule has 0 radical (unpaired) electrons. The molecule has 1 aromatic rings. The number of rotatable bonds is 6. The molecule has 0 saturated carbocycles. The summed E-state index contributed by atoms with van der Waals surface area (Å²) in [5.74, 6) is 0.238. The summed E-state index contributed by atoms with van der Waals surface area (Å²) in [6, 6.07) is 10.9. The second kappa shape index (κ2) is 7.99. The summed E-state index contributed by atoms with van der Waals surface area (Å²) in [7, 11) is 1.92. The van der Waals surface area contributed by atoms with E-state index >= 15 is 0 Å². The Labute approximate surface area is 128 Å². The lowest BCUT2D eigenvalue weighted by Crippen LogP contribution is -2.41. The summed E-state index contributed by atoms with van der Waals surface area (Å²) in [5, 5.41) is 0. The predicted octanol–water partition coefficient (Wildman–Crippen LogP) is 3.03. The molecule has 0 aliphatic carbocycles. The molecule has 0 aromatic heterocycles. The van der Waals surface area contributed by atoms with E-state index in [4.69, 9.17) is 0 Å². The van der Waals surface area contributed by atoms with Crippen molar-refractivity contribution in [1.82, 2.24) is 9.80 Å². The Kier molecular flexibility index (Phi) is 6.00. The van der Waals surface area contributed by atoms with Crippen LogP contribution in [0.4, 0.5) is 0 Å². The van der Waals surface area contributed by atoms with Crippen molar-refractivity contribution >= 4 is 12.0 Å². The Morgan fingerprint density at radius 2 is 2.14 bits per heavy atom. The monoisotopic (exact) mass is 286 g/mol. The van der Waals surface area contributed by atoms with E-state index in [9.17, 15) is 4.79 Å². The largest absolute Gasteiger partial charge is 0.344 e. The van der Waals surface area contributed by atoms with E-state index in [-0.39, 0.29) is 5.91 Å². The van der Waals surface area contributed by atoms with Crippen LogP contribution in [0.5, 0.6) is 0 Å². The van der Waals surface area contributed by atoms with Crippen molar-refractivity contribution < 1.29 is 4.79 Å². The van der Waals surface area contributed by atoms with Gasteiger partial charge >= 0.3 is 0 Å². The summed E-state index contributed by atoms with van der Waals surface area (Å²) < 4.78 is 0. The number of carbonyl (C=O) groups excluding carboxylic acids is 1. The highest BCUT2D eigenvalue weighted by Crippen LogP contribution is 2.18. The van der Waals surface area contributed by atoms with E-state index in [0.29, 0.717) is 12.5 Å². The third-order valence-electron chi connectivity index (χ3n) is 4.16. The van der Waals surface area contributed by atoms with E-state index in [0.717, 1.165) is 19.6 Å². The average molecular weight is 286 g/mol. The van der Waals surface area contributed by atoms with Crippen LogP contribution in [0.25, 0.3) is 6.08 Å². The SMILES string of the molecule is CCC(=O)N(C)C[C@@H]1CCCN1C/C=C/c1ccccc1. The zero-order valence-electron chi connectivity index (χ0n) is 13.2. The minimum atomic E-state index is 0.238. The van der Waals surface area contributed by atoms with Crippen LogP contribution in [0.2, 0.25) is 0 Å². The molecule has 1 fully saturated rings. The second-order valence-electron chi connectivity index (χ2n) is 5.73. The third-order valence-corrected chi connectivity index (χ3v) is 4.16. The normalized spacial score (nSPS) is 19.2. The zero-order chi connectivity index (χ0) is 15.1. The van der Waals surface area contributed by atoms with Gasteiger partial charge in [0.15, 0.2) is 0 Å². The summed E-state index contributed by atoms with van der Waals surface area (Å²) in [5.41, 5.74) is 1.24. The molecule has 1 heterocycles. The topological polar surface area (TPSA) is 23.6 Å². The number of hydrogen-bond donors (Lipinski definition) is 0. The molecule has 1 aliphatic rings. The molecule has 114 valence electrons. The molecule has 0 bridgehead atoms. The Morgan fingerprint density at radius 3 is 2.86 bits per heavy atom. The molecule has 1 atom stereocenters. The molecule has 1 saturated heterocycles. The van der Waals surface area contributed by atoms with Crippen LogP contribution in [0.1, 0.15) is 31.7 Å². The fourth-order valence-corrected chi connectivity index (χ4v) is 2.92. The summed E-state index contributed by atoms with van der Waals surface area (Å²) in [6.45, 7) is 4.88. The number of benzene rings is 1. The van der Waals surface area contributed by atoms with Crippen molar-refractivity contribution in [2.75, 3.05) is 26.7 Å². The Hall–Kier alpha value is -1.61. The molecule has 3 nitrogen and oxygen atoms in total. The van der Waals surface area contributed by atoms with Gasteiger partial charge in [0.05, 0.1) is 0 Å². The van der Waals surface area contributed by atoms with Gasteiger partial charge in [-0.15, -0.1) is 0 Å². The van der Waals surface area contributed by atoms with Crippen molar-refractivity contribution in [3.8, 4) is 0 Å². The Morgan fingerprint density at radius 1 is 1.38 bits per heavy atom. The van der Waals surface area contributed by atoms with Gasteiger partial charge in [-0.3, -0.25) is 9.69 Å². The summed E-state index contributed by atoms with van der Waals surface area (Å²) in [4.78, 5) is 16.1. The van der Waals surface area contributed by atoms with Crippen molar-refractivity contribution in [1.29, 1.82) is 0 Å². The van der Waals surface area contributed by atoms with Gasteiger partial charge in [-0.05, 0) is 24.9 Å². The summed E-state index contributed by atoms with van der Waals surface area (Å²) in [6.07, 6.45) is 7.43. The minimum Gasteiger partial charge on any atom is -0.344 e. The van der Waals surface area contributed by atoms with Crippen molar-refractivity contribution in [3.05, 3.63) is 42.0 Å². The molecule has 21 heavy (non-hydrogen) atoms. The molecule has 0 unspecified atom stereocenters. The fraction of sp³-hybridized carbons (Fsp3) is 0.500. The standard InChI is InChI=1S/C18H26N2O/c1-3-18(21)19(2)15-17-12-8-14-20(17)13-7-11-16-9-5-4-6-10-16/h4-7,9-11,17H,3,8,12-15H2,1-2H3/b11-7+/t17-/m0/s1. The average Bonchev–Trinajstić information content (AvgIpc) is 2.94. The van der Waals surface area contributed by atoms with Gasteiger partial charge < -0.3 is 4.90 Å². The first-order valence-corrected chi connectivity index (χ1v) is 7.90. The van der Waals surface area contributed by atoms with Gasteiger partial charge in [-0.1, -0.05) is 49.4 Å². The lowest BCUT2D eigenvalue weighted by molar-refractivity contribution is -0.130. The molecule has 0 spiro atoms. The van der Waals surface area contributed by atoms with Crippen LogP contribution in [0.3, 0.4) is 0 Å². The smallest absolute Gasteiger partial charge is 0.222 e. The van der Waals surface area contributed by atoms with E-state index in [1.54, 1.807) is 0 Å². The van der Waals surface area contributed by atoms with Gasteiger partial charge in [0.1, 0.15) is 0 Å². The minimum absolute atomic E-state index is 0.238. The number of hydrogen-bond acceptors (Lipinski definition) is 2. The molecule has 3 heteroatoms.